The molecule has 0 spiro atoms. The van der Waals surface area contributed by atoms with Crippen LogP contribution in [0.5, 0.6) is 0 Å². The Labute approximate surface area is 145 Å². The molecule has 7 heteroatoms. The molecule has 0 saturated heterocycles. The minimum absolute atomic E-state index is 0.187. The summed E-state index contributed by atoms with van der Waals surface area (Å²) >= 11 is 5.13. The van der Waals surface area contributed by atoms with Gasteiger partial charge in [-0.25, -0.2) is 4.79 Å². The number of hydrazone groups is 1. The third-order valence-electron chi connectivity index (χ3n) is 3.16. The number of rotatable bonds is 5. The van der Waals surface area contributed by atoms with E-state index in [-0.39, 0.29) is 10.7 Å². The lowest BCUT2D eigenvalue weighted by Gasteiger charge is -2.11. The van der Waals surface area contributed by atoms with Gasteiger partial charge in [0.1, 0.15) is 0 Å². The number of carbonyl (C=O) groups is 1. The summed E-state index contributed by atoms with van der Waals surface area (Å²) in [6, 6.07) is 14.3. The van der Waals surface area contributed by atoms with Gasteiger partial charge in [-0.1, -0.05) is 18.2 Å². The molecule has 124 valence electrons. The standard InChI is InChI=1S/C17H18N4O2S/c1-21(2)15-8-6-12(7-9-15)11-18-20-17(24)19-14-5-3-4-13(10-14)16(22)23/h3-11H,1-2H3,(H,22,23)(H2,19,20,24). The van der Waals surface area contributed by atoms with Crippen LogP contribution in [0.4, 0.5) is 11.4 Å². The topological polar surface area (TPSA) is 77.0 Å². The van der Waals surface area contributed by atoms with Crippen LogP contribution in [0.2, 0.25) is 0 Å². The first-order chi connectivity index (χ1) is 11.5. The fraction of sp³-hybridized carbons (Fsp3) is 0.118. The lowest BCUT2D eigenvalue weighted by molar-refractivity contribution is 0.0697. The number of hydrogen-bond acceptors (Lipinski definition) is 4. The predicted molar refractivity (Wildman–Crippen MR) is 101 cm³/mol. The van der Waals surface area contributed by atoms with Crippen LogP contribution in [-0.2, 0) is 0 Å². The maximum Gasteiger partial charge on any atom is 0.335 e. The Morgan fingerprint density at radius 3 is 2.54 bits per heavy atom. The van der Waals surface area contributed by atoms with Gasteiger partial charge in [0.2, 0.25) is 0 Å². The lowest BCUT2D eigenvalue weighted by Crippen LogP contribution is -2.24. The molecule has 0 atom stereocenters. The van der Waals surface area contributed by atoms with Crippen LogP contribution in [0, 0.1) is 0 Å². The summed E-state index contributed by atoms with van der Waals surface area (Å²) in [7, 11) is 3.96. The number of nitrogens with zero attached hydrogens (tertiary/aromatic N) is 2. The van der Waals surface area contributed by atoms with Crippen molar-refractivity contribution < 1.29 is 9.90 Å². The smallest absolute Gasteiger partial charge is 0.335 e. The van der Waals surface area contributed by atoms with Crippen LogP contribution in [0.15, 0.2) is 53.6 Å². The van der Waals surface area contributed by atoms with Gasteiger partial charge in [-0.05, 0) is 48.1 Å². The summed E-state index contributed by atoms with van der Waals surface area (Å²) in [6.45, 7) is 0. The Bertz CT molecular complexity index is 757. The van der Waals surface area contributed by atoms with Crippen molar-refractivity contribution in [3.05, 3.63) is 59.7 Å². The molecule has 0 bridgehead atoms. The molecule has 0 aliphatic heterocycles. The van der Waals surface area contributed by atoms with E-state index in [9.17, 15) is 4.79 Å². The molecule has 0 aliphatic carbocycles. The third-order valence-corrected chi connectivity index (χ3v) is 3.35. The largest absolute Gasteiger partial charge is 0.478 e. The maximum absolute atomic E-state index is 10.9. The van der Waals surface area contributed by atoms with Gasteiger partial charge in [0.25, 0.3) is 0 Å². The molecule has 0 fully saturated rings. The highest BCUT2D eigenvalue weighted by Crippen LogP contribution is 2.11. The molecule has 3 N–H and O–H groups in total. The molecule has 6 nitrogen and oxygen atoms in total. The zero-order chi connectivity index (χ0) is 17.5. The van der Waals surface area contributed by atoms with Crippen molar-refractivity contribution >= 4 is 40.9 Å². The van der Waals surface area contributed by atoms with E-state index >= 15 is 0 Å². The Hall–Kier alpha value is -2.93. The Morgan fingerprint density at radius 1 is 1.21 bits per heavy atom. The summed E-state index contributed by atoms with van der Waals surface area (Å²) in [4.78, 5) is 12.9. The molecular weight excluding hydrogens is 324 g/mol. The van der Waals surface area contributed by atoms with Crippen LogP contribution in [-0.4, -0.2) is 36.5 Å². The van der Waals surface area contributed by atoms with Crippen LogP contribution in [0.3, 0.4) is 0 Å². The van der Waals surface area contributed by atoms with Gasteiger partial charge in [0.15, 0.2) is 5.11 Å². The summed E-state index contributed by atoms with van der Waals surface area (Å²) < 4.78 is 0. The quantitative estimate of drug-likeness (QED) is 0.441. The van der Waals surface area contributed by atoms with E-state index in [0.29, 0.717) is 5.69 Å². The fourth-order valence-corrected chi connectivity index (χ4v) is 2.08. The number of carboxylic acids is 1. The zero-order valence-electron chi connectivity index (χ0n) is 13.4. The van der Waals surface area contributed by atoms with Gasteiger partial charge in [-0.15, -0.1) is 0 Å². The van der Waals surface area contributed by atoms with Crippen molar-refractivity contribution in [2.75, 3.05) is 24.3 Å². The van der Waals surface area contributed by atoms with Gasteiger partial charge in [0, 0.05) is 25.5 Å². The average molecular weight is 342 g/mol. The number of carboxylic acid groups (broad SMARTS) is 1. The normalized spacial score (nSPS) is 10.4. The highest BCUT2D eigenvalue weighted by atomic mass is 32.1. The first-order valence-corrected chi connectivity index (χ1v) is 7.57. The zero-order valence-corrected chi connectivity index (χ0v) is 14.2. The summed E-state index contributed by atoms with van der Waals surface area (Å²) in [5.74, 6) is -0.989. The van der Waals surface area contributed by atoms with Gasteiger partial charge < -0.3 is 15.3 Å². The van der Waals surface area contributed by atoms with Gasteiger partial charge >= 0.3 is 5.97 Å². The van der Waals surface area contributed by atoms with E-state index in [2.05, 4.69) is 15.8 Å². The minimum atomic E-state index is -0.989. The van der Waals surface area contributed by atoms with Crippen LogP contribution in [0.25, 0.3) is 0 Å². The molecule has 24 heavy (non-hydrogen) atoms. The predicted octanol–water partition coefficient (Wildman–Crippen LogP) is 2.77. The van der Waals surface area contributed by atoms with E-state index in [0.717, 1.165) is 11.3 Å². The van der Waals surface area contributed by atoms with E-state index < -0.39 is 5.97 Å². The van der Waals surface area contributed by atoms with Crippen molar-refractivity contribution in [2.45, 2.75) is 0 Å². The summed E-state index contributed by atoms with van der Waals surface area (Å²) in [6.07, 6.45) is 1.65. The Balaban J connectivity index is 1.90. The van der Waals surface area contributed by atoms with E-state index in [1.807, 2.05) is 43.3 Å². The second kappa shape index (κ2) is 8.07. The Kier molecular flexibility index (Phi) is 5.86. The average Bonchev–Trinajstić information content (AvgIpc) is 2.55. The molecule has 0 radical (unpaired) electrons. The van der Waals surface area contributed by atoms with E-state index in [1.54, 1.807) is 18.3 Å². The number of hydrogen-bond donors (Lipinski definition) is 3. The molecule has 2 rings (SSSR count). The van der Waals surface area contributed by atoms with Crippen LogP contribution in [0.1, 0.15) is 15.9 Å². The molecule has 0 amide bonds. The number of aromatic carboxylic acids is 1. The van der Waals surface area contributed by atoms with Crippen molar-refractivity contribution in [3.8, 4) is 0 Å². The van der Waals surface area contributed by atoms with Gasteiger partial charge in [0.05, 0.1) is 11.8 Å². The van der Waals surface area contributed by atoms with Gasteiger partial charge in [-0.3, -0.25) is 5.43 Å². The molecule has 0 heterocycles. The van der Waals surface area contributed by atoms with Crippen molar-refractivity contribution in [3.63, 3.8) is 0 Å². The van der Waals surface area contributed by atoms with Crippen LogP contribution >= 0.6 is 12.2 Å². The molecule has 0 unspecified atom stereocenters. The van der Waals surface area contributed by atoms with E-state index in [1.165, 1.54) is 12.1 Å². The summed E-state index contributed by atoms with van der Waals surface area (Å²) in [5, 5.41) is 16.2. The molecule has 0 aromatic heterocycles. The molecule has 2 aromatic carbocycles. The number of nitrogens with one attached hydrogen (secondary N) is 2. The molecular formula is C17H18N4O2S. The van der Waals surface area contributed by atoms with Crippen molar-refractivity contribution in [1.82, 2.24) is 5.43 Å². The van der Waals surface area contributed by atoms with Gasteiger partial charge in [-0.2, -0.15) is 5.10 Å². The maximum atomic E-state index is 10.9. The summed E-state index contributed by atoms with van der Waals surface area (Å²) in [5.41, 5.74) is 5.51. The molecule has 2 aromatic rings. The highest BCUT2D eigenvalue weighted by Gasteiger charge is 2.03. The first-order valence-electron chi connectivity index (χ1n) is 7.16. The first kappa shape index (κ1) is 17.4. The van der Waals surface area contributed by atoms with E-state index in [4.69, 9.17) is 17.3 Å². The van der Waals surface area contributed by atoms with Crippen molar-refractivity contribution in [2.24, 2.45) is 5.10 Å². The number of thiocarbonyl (C=S) groups is 1. The highest BCUT2D eigenvalue weighted by molar-refractivity contribution is 7.80. The SMILES string of the molecule is CN(C)c1ccc(C=NNC(=S)Nc2cccc(C(=O)O)c2)cc1. The number of anilines is 2. The molecule has 0 saturated carbocycles. The lowest BCUT2D eigenvalue weighted by atomic mass is 10.2. The number of benzene rings is 2. The minimum Gasteiger partial charge on any atom is -0.478 e. The monoisotopic (exact) mass is 342 g/mol. The van der Waals surface area contributed by atoms with Crippen LogP contribution < -0.4 is 15.6 Å². The molecule has 0 aliphatic rings. The Morgan fingerprint density at radius 2 is 1.92 bits per heavy atom. The second-order valence-electron chi connectivity index (χ2n) is 5.20. The van der Waals surface area contributed by atoms with Crippen molar-refractivity contribution in [1.29, 1.82) is 0 Å². The second-order valence-corrected chi connectivity index (χ2v) is 5.60. The fourth-order valence-electron chi connectivity index (χ4n) is 1.91. The third kappa shape index (κ3) is 5.06.